The van der Waals surface area contributed by atoms with Crippen molar-refractivity contribution in [1.29, 1.82) is 0 Å². The first-order valence-corrected chi connectivity index (χ1v) is 14.1. The van der Waals surface area contributed by atoms with Crippen molar-refractivity contribution in [3.63, 3.8) is 0 Å². The van der Waals surface area contributed by atoms with Crippen molar-refractivity contribution in [1.82, 2.24) is 15.6 Å². The van der Waals surface area contributed by atoms with Gasteiger partial charge in [0.25, 0.3) is 5.91 Å². The topological polar surface area (TPSA) is 102 Å². The molecule has 3 heterocycles. The van der Waals surface area contributed by atoms with Crippen LogP contribution in [-0.2, 0) is 4.79 Å². The van der Waals surface area contributed by atoms with Crippen LogP contribution >= 0.6 is 0 Å². The molecule has 2 aliphatic heterocycles. The van der Waals surface area contributed by atoms with E-state index in [2.05, 4.69) is 15.4 Å². The third kappa shape index (κ3) is 6.72. The van der Waals surface area contributed by atoms with Crippen molar-refractivity contribution in [3.05, 3.63) is 77.0 Å². The van der Waals surface area contributed by atoms with Crippen LogP contribution in [0, 0.1) is 17.6 Å². The maximum atomic E-state index is 15.4. The van der Waals surface area contributed by atoms with Crippen molar-refractivity contribution >= 4 is 17.6 Å². The number of piperidine rings is 1. The van der Waals surface area contributed by atoms with E-state index in [4.69, 9.17) is 14.5 Å². The Hall–Kier alpha value is -4.39. The predicted molar refractivity (Wildman–Crippen MR) is 153 cm³/mol. The summed E-state index contributed by atoms with van der Waals surface area (Å²) in [5, 5.41) is 5.96. The average Bonchev–Trinajstić information content (AvgIpc) is 3.34. The number of carbonyl (C=O) groups is 2. The molecule has 0 bridgehead atoms. The number of nitrogens with zero attached hydrogens (tertiary/aromatic N) is 2. The Morgan fingerprint density at radius 3 is 2.25 bits per heavy atom. The maximum Gasteiger partial charge on any atom is 0.387 e. The molecule has 0 saturated carbocycles. The standard InChI is InChI=1S/C31H32F4N4O5/c1-42-20-11-24(32)28(25(33)12-20)23-16-39(27-14-21(43-2)13-26(38-27)17-7-9-36-10-8-17)30(41)22(23)15-37-29(40)18-3-5-19(6-4-18)44-31(34)35/h3-6,11-14,17,22-23,31,36H,7-10,15-16H2,1-2H3,(H,37,40)/t22?,23-/m1/s1. The van der Waals surface area contributed by atoms with E-state index in [9.17, 15) is 18.4 Å². The van der Waals surface area contributed by atoms with Crippen LogP contribution < -0.4 is 29.7 Å². The van der Waals surface area contributed by atoms with Gasteiger partial charge in [-0.15, -0.1) is 0 Å². The molecule has 13 heteroatoms. The average molecular weight is 617 g/mol. The van der Waals surface area contributed by atoms with E-state index in [1.165, 1.54) is 43.4 Å². The molecule has 3 aromatic rings. The van der Waals surface area contributed by atoms with Crippen LogP contribution in [0.5, 0.6) is 17.2 Å². The Bertz CT molecular complexity index is 1480. The summed E-state index contributed by atoms with van der Waals surface area (Å²) >= 11 is 0. The fraction of sp³-hybridized carbons (Fsp3) is 0.387. The number of rotatable bonds is 10. The molecule has 0 radical (unpaired) electrons. The monoisotopic (exact) mass is 616 g/mol. The van der Waals surface area contributed by atoms with Crippen LogP contribution in [-0.4, -0.2) is 63.8 Å². The zero-order valence-corrected chi connectivity index (χ0v) is 24.1. The van der Waals surface area contributed by atoms with E-state index in [1.54, 1.807) is 6.07 Å². The first-order chi connectivity index (χ1) is 21.2. The van der Waals surface area contributed by atoms with E-state index >= 15 is 8.78 Å². The van der Waals surface area contributed by atoms with Gasteiger partial charge in [-0.3, -0.25) is 14.5 Å². The number of halogens is 4. The number of ether oxygens (including phenoxy) is 3. The lowest BCUT2D eigenvalue weighted by atomic mass is 9.87. The minimum absolute atomic E-state index is 0.0184. The van der Waals surface area contributed by atoms with Crippen LogP contribution in [0.3, 0.4) is 0 Å². The number of hydrogen-bond acceptors (Lipinski definition) is 7. The lowest BCUT2D eigenvalue weighted by molar-refractivity contribution is -0.120. The lowest BCUT2D eigenvalue weighted by Gasteiger charge is -2.24. The zero-order valence-electron chi connectivity index (χ0n) is 24.1. The molecular weight excluding hydrogens is 584 g/mol. The van der Waals surface area contributed by atoms with E-state index in [1.807, 2.05) is 6.07 Å². The minimum atomic E-state index is -3.02. The van der Waals surface area contributed by atoms with Gasteiger partial charge in [-0.2, -0.15) is 8.78 Å². The Balaban J connectivity index is 1.45. The van der Waals surface area contributed by atoms with Crippen LogP contribution in [0.1, 0.15) is 46.3 Å². The molecule has 2 fully saturated rings. The van der Waals surface area contributed by atoms with Gasteiger partial charge < -0.3 is 24.8 Å². The Morgan fingerprint density at radius 1 is 1.00 bits per heavy atom. The van der Waals surface area contributed by atoms with Crippen molar-refractivity contribution in [2.24, 2.45) is 5.92 Å². The Kier molecular flexibility index (Phi) is 9.52. The molecule has 2 saturated heterocycles. The summed E-state index contributed by atoms with van der Waals surface area (Å²) in [4.78, 5) is 33.0. The smallest absolute Gasteiger partial charge is 0.387 e. The molecule has 234 valence electrons. The van der Waals surface area contributed by atoms with Gasteiger partial charge in [0.15, 0.2) is 0 Å². The highest BCUT2D eigenvalue weighted by atomic mass is 19.3. The summed E-state index contributed by atoms with van der Waals surface area (Å²) in [6, 6.07) is 10.5. The Morgan fingerprint density at radius 2 is 1.64 bits per heavy atom. The summed E-state index contributed by atoms with van der Waals surface area (Å²) in [7, 11) is 2.79. The summed E-state index contributed by atoms with van der Waals surface area (Å²) in [5.41, 5.74) is 0.562. The van der Waals surface area contributed by atoms with Crippen LogP contribution in [0.2, 0.25) is 0 Å². The van der Waals surface area contributed by atoms with Crippen molar-refractivity contribution in [2.45, 2.75) is 31.3 Å². The van der Waals surface area contributed by atoms with Gasteiger partial charge in [0, 0.05) is 66.0 Å². The maximum absolute atomic E-state index is 15.4. The SMILES string of the molecule is COc1cc(C2CCNCC2)nc(N2C[C@@H](c3c(F)cc(OC)cc3F)C(CNC(=O)c3ccc(OC(F)F)cc3)C2=O)c1. The molecule has 1 unspecified atom stereocenters. The summed E-state index contributed by atoms with van der Waals surface area (Å²) in [5.74, 6) is -4.15. The molecule has 2 amide bonds. The summed E-state index contributed by atoms with van der Waals surface area (Å²) in [6.45, 7) is -1.74. The van der Waals surface area contributed by atoms with Gasteiger partial charge in [0.2, 0.25) is 5.91 Å². The number of amides is 2. The van der Waals surface area contributed by atoms with E-state index in [-0.39, 0.29) is 47.5 Å². The van der Waals surface area contributed by atoms with Gasteiger partial charge in [-0.25, -0.2) is 13.8 Å². The number of hydrogen-bond donors (Lipinski definition) is 2. The highest BCUT2D eigenvalue weighted by molar-refractivity contribution is 5.99. The zero-order chi connectivity index (χ0) is 31.4. The summed E-state index contributed by atoms with van der Waals surface area (Å²) in [6.07, 6.45) is 1.70. The minimum Gasteiger partial charge on any atom is -0.497 e. The third-order valence-electron chi connectivity index (χ3n) is 8.01. The molecule has 1 aromatic heterocycles. The quantitative estimate of drug-likeness (QED) is 0.321. The predicted octanol–water partition coefficient (Wildman–Crippen LogP) is 4.62. The molecule has 0 aliphatic carbocycles. The fourth-order valence-electron chi connectivity index (χ4n) is 5.73. The van der Waals surface area contributed by atoms with Gasteiger partial charge in [-0.05, 0) is 50.2 Å². The van der Waals surface area contributed by atoms with Crippen LogP contribution in [0.25, 0.3) is 0 Å². The van der Waals surface area contributed by atoms with E-state index < -0.39 is 41.9 Å². The number of benzene rings is 2. The van der Waals surface area contributed by atoms with E-state index in [0.717, 1.165) is 43.8 Å². The second-order valence-electron chi connectivity index (χ2n) is 10.6. The second-order valence-corrected chi connectivity index (χ2v) is 10.6. The number of pyridine rings is 1. The first kappa shape index (κ1) is 31.0. The molecule has 2 aromatic carbocycles. The number of aromatic nitrogens is 1. The van der Waals surface area contributed by atoms with Crippen molar-refractivity contribution < 1.29 is 41.4 Å². The van der Waals surface area contributed by atoms with Gasteiger partial charge in [0.05, 0.1) is 20.1 Å². The van der Waals surface area contributed by atoms with Crippen molar-refractivity contribution in [2.75, 3.05) is 45.3 Å². The second kappa shape index (κ2) is 13.5. The molecule has 2 aliphatic rings. The molecule has 9 nitrogen and oxygen atoms in total. The molecule has 2 atom stereocenters. The van der Waals surface area contributed by atoms with Gasteiger partial charge in [0.1, 0.15) is 34.7 Å². The highest BCUT2D eigenvalue weighted by Crippen LogP contribution is 2.40. The fourth-order valence-corrected chi connectivity index (χ4v) is 5.73. The van der Waals surface area contributed by atoms with Gasteiger partial charge in [-0.1, -0.05) is 0 Å². The Labute approximate surface area is 251 Å². The van der Waals surface area contributed by atoms with Crippen LogP contribution in [0.15, 0.2) is 48.5 Å². The number of methoxy groups -OCH3 is 2. The largest absolute Gasteiger partial charge is 0.497 e. The number of anilines is 1. The molecule has 2 N–H and O–H groups in total. The number of nitrogens with one attached hydrogen (secondary N) is 2. The normalized spacial score (nSPS) is 18.9. The third-order valence-corrected chi connectivity index (χ3v) is 8.01. The van der Waals surface area contributed by atoms with Gasteiger partial charge >= 0.3 is 6.61 Å². The molecular formula is C31H32F4N4O5. The number of carbonyl (C=O) groups excluding carboxylic acids is 2. The van der Waals surface area contributed by atoms with E-state index in [0.29, 0.717) is 5.75 Å². The highest BCUT2D eigenvalue weighted by Gasteiger charge is 2.45. The molecule has 44 heavy (non-hydrogen) atoms. The molecule has 0 spiro atoms. The summed E-state index contributed by atoms with van der Waals surface area (Å²) < 4.78 is 70.5. The molecule has 5 rings (SSSR count). The van der Waals surface area contributed by atoms with Crippen LogP contribution in [0.4, 0.5) is 23.4 Å². The lowest BCUT2D eigenvalue weighted by Crippen LogP contribution is -2.36. The van der Waals surface area contributed by atoms with Crippen molar-refractivity contribution in [3.8, 4) is 17.2 Å². The number of alkyl halides is 2. The first-order valence-electron chi connectivity index (χ1n) is 14.1.